The van der Waals surface area contributed by atoms with E-state index < -0.39 is 45.0 Å². The van der Waals surface area contributed by atoms with Crippen molar-refractivity contribution < 1.29 is 74.6 Å². The number of hydrogen-bond donors (Lipinski definition) is 3. The normalized spacial score (nSPS) is 12.8. The fourth-order valence-corrected chi connectivity index (χ4v) is 5.98. The van der Waals surface area contributed by atoms with Crippen LogP contribution in [0.4, 0.5) is 0 Å². The van der Waals surface area contributed by atoms with E-state index in [1.807, 2.05) is 0 Å². The van der Waals surface area contributed by atoms with Gasteiger partial charge in [0.15, 0.2) is 0 Å². The molecule has 33 heavy (non-hydrogen) atoms. The molecule has 0 saturated carbocycles. The summed E-state index contributed by atoms with van der Waals surface area (Å²) in [6.07, 6.45) is 1.39. The van der Waals surface area contributed by atoms with E-state index in [-0.39, 0.29) is 75.7 Å². The molecule has 4 aromatic rings. The van der Waals surface area contributed by atoms with Gasteiger partial charge < -0.3 is 6.16 Å². The molecule has 4 aromatic carbocycles. The molecule has 0 saturated heterocycles. The SMILES string of the molecule is C=CCOc1cc(S(=O)(=O)O)c2ccc3c(S(=O)(=O)O)cc(S(=O)(=O)O)c4ccc1c2c43.[H-].[Na+]. The first-order chi connectivity index (χ1) is 14.7. The van der Waals surface area contributed by atoms with E-state index in [1.165, 1.54) is 30.3 Å². The summed E-state index contributed by atoms with van der Waals surface area (Å²) in [6.45, 7) is 3.46. The third kappa shape index (κ3) is 4.36. The van der Waals surface area contributed by atoms with E-state index >= 15 is 0 Å². The molecule has 10 nitrogen and oxygen atoms in total. The van der Waals surface area contributed by atoms with Gasteiger partial charge in [0.2, 0.25) is 0 Å². The minimum absolute atomic E-state index is 0. The van der Waals surface area contributed by atoms with Crippen LogP contribution in [0, 0.1) is 0 Å². The average Bonchev–Trinajstić information content (AvgIpc) is 2.67. The van der Waals surface area contributed by atoms with Crippen molar-refractivity contribution in [3.05, 3.63) is 49.1 Å². The first-order valence-electron chi connectivity index (χ1n) is 8.70. The van der Waals surface area contributed by atoms with Crippen LogP contribution in [0.5, 0.6) is 5.75 Å². The van der Waals surface area contributed by atoms with E-state index in [0.717, 1.165) is 6.07 Å². The molecule has 0 spiro atoms. The second-order valence-corrected chi connectivity index (χ2v) is 11.0. The third-order valence-corrected chi connectivity index (χ3v) is 7.62. The maximum absolute atomic E-state index is 12.1. The summed E-state index contributed by atoms with van der Waals surface area (Å²) in [5, 5.41) is -0.0759. The van der Waals surface area contributed by atoms with E-state index in [2.05, 4.69) is 6.58 Å². The molecule has 0 aliphatic heterocycles. The summed E-state index contributed by atoms with van der Waals surface area (Å²) >= 11 is 0. The van der Waals surface area contributed by atoms with Crippen LogP contribution >= 0.6 is 0 Å². The summed E-state index contributed by atoms with van der Waals surface area (Å²) in [5.41, 5.74) is 0. The van der Waals surface area contributed by atoms with Crippen LogP contribution in [0.15, 0.2) is 63.7 Å². The van der Waals surface area contributed by atoms with Crippen molar-refractivity contribution >= 4 is 62.7 Å². The minimum atomic E-state index is -4.96. The topological polar surface area (TPSA) is 172 Å². The zero-order valence-corrected chi connectivity index (χ0v) is 21.3. The van der Waals surface area contributed by atoms with E-state index in [4.69, 9.17) is 4.74 Å². The molecule has 14 heteroatoms. The first kappa shape index (κ1) is 25.8. The van der Waals surface area contributed by atoms with Crippen LogP contribution in [0.2, 0.25) is 0 Å². The van der Waals surface area contributed by atoms with Gasteiger partial charge in [0.1, 0.15) is 27.0 Å². The second kappa shape index (κ2) is 8.45. The van der Waals surface area contributed by atoms with E-state index in [9.17, 15) is 38.9 Å². The van der Waals surface area contributed by atoms with E-state index in [0.29, 0.717) is 6.07 Å². The molecular formula is C19H15NaO10S3. The van der Waals surface area contributed by atoms with Crippen LogP contribution in [-0.4, -0.2) is 45.5 Å². The predicted molar refractivity (Wildman–Crippen MR) is 116 cm³/mol. The molecule has 4 rings (SSSR count). The number of benzene rings is 4. The molecule has 0 bridgehead atoms. The summed E-state index contributed by atoms with van der Waals surface area (Å²) in [4.78, 5) is -2.18. The summed E-state index contributed by atoms with van der Waals surface area (Å²) in [7, 11) is -14.7. The summed E-state index contributed by atoms with van der Waals surface area (Å²) in [5.74, 6) is -0.00918. The Morgan fingerprint density at radius 2 is 1.09 bits per heavy atom. The van der Waals surface area contributed by atoms with Crippen molar-refractivity contribution in [2.24, 2.45) is 0 Å². The molecule has 0 fully saturated rings. The summed E-state index contributed by atoms with van der Waals surface area (Å²) in [6, 6.07) is 6.76. The van der Waals surface area contributed by atoms with Gasteiger partial charge in [-0.1, -0.05) is 30.9 Å². The number of hydrogen-bond acceptors (Lipinski definition) is 7. The van der Waals surface area contributed by atoms with Crippen molar-refractivity contribution in [1.82, 2.24) is 0 Å². The van der Waals surface area contributed by atoms with Crippen LogP contribution in [0.1, 0.15) is 1.43 Å². The van der Waals surface area contributed by atoms with Gasteiger partial charge in [0.25, 0.3) is 30.4 Å². The predicted octanol–water partition coefficient (Wildman–Crippen LogP) is 0.00540. The molecule has 170 valence electrons. The van der Waals surface area contributed by atoms with Crippen LogP contribution in [0.3, 0.4) is 0 Å². The first-order valence-corrected chi connectivity index (χ1v) is 13.0. The molecule has 0 aliphatic carbocycles. The third-order valence-electron chi connectivity index (χ3n) is 4.94. The van der Waals surface area contributed by atoms with E-state index in [1.54, 1.807) is 0 Å². The Kier molecular flexibility index (Phi) is 6.60. The van der Waals surface area contributed by atoms with Crippen LogP contribution in [-0.2, 0) is 30.4 Å². The Bertz CT molecular complexity index is 1710. The number of ether oxygens (including phenoxy) is 1. The van der Waals surface area contributed by atoms with Crippen molar-refractivity contribution in [1.29, 1.82) is 0 Å². The molecule has 0 amide bonds. The van der Waals surface area contributed by atoms with Crippen LogP contribution < -0.4 is 34.3 Å². The van der Waals surface area contributed by atoms with Crippen molar-refractivity contribution in [3.63, 3.8) is 0 Å². The molecule has 0 aliphatic rings. The number of rotatable bonds is 6. The Balaban J connectivity index is 0.00000204. The maximum Gasteiger partial charge on any atom is 1.00 e. The standard InChI is InChI=1S/C19H14O10S3.Na.H/c1-2-7-29-14-8-15(30(20,21)22)11-5-6-13-17(32(26,27)28)9-16(31(23,24)25)12-4-3-10(14)18(11)19(12)13;;/h2-6,8-9H,1,7H2,(H,20,21,22)(H,23,24,25)(H,26,27,28);;/q;+1;-1. The second-order valence-electron chi connectivity index (χ2n) is 6.84. The van der Waals surface area contributed by atoms with Gasteiger partial charge in [-0.05, 0) is 12.1 Å². The fraction of sp³-hybridized carbons (Fsp3) is 0.0526. The fourth-order valence-electron chi connectivity index (χ4n) is 3.77. The summed E-state index contributed by atoms with van der Waals surface area (Å²) < 4.78 is 107. The zero-order chi connectivity index (χ0) is 23.6. The van der Waals surface area contributed by atoms with Crippen molar-refractivity contribution in [2.75, 3.05) is 6.61 Å². The Morgan fingerprint density at radius 3 is 1.48 bits per heavy atom. The Labute approximate surface area is 212 Å². The zero-order valence-electron chi connectivity index (χ0n) is 17.9. The van der Waals surface area contributed by atoms with Crippen LogP contribution in [0.25, 0.3) is 32.3 Å². The monoisotopic (exact) mass is 522 g/mol. The van der Waals surface area contributed by atoms with Gasteiger partial charge in [0, 0.05) is 38.4 Å². The van der Waals surface area contributed by atoms with Crippen molar-refractivity contribution in [3.8, 4) is 5.75 Å². The smallest absolute Gasteiger partial charge is 1.00 e. The molecule has 3 N–H and O–H groups in total. The van der Waals surface area contributed by atoms with Gasteiger partial charge in [-0.25, -0.2) is 0 Å². The van der Waals surface area contributed by atoms with Gasteiger partial charge >= 0.3 is 29.6 Å². The quantitative estimate of drug-likeness (QED) is 0.135. The van der Waals surface area contributed by atoms with Gasteiger partial charge in [-0.15, -0.1) is 0 Å². The molecular weight excluding hydrogens is 507 g/mol. The van der Waals surface area contributed by atoms with Crippen molar-refractivity contribution in [2.45, 2.75) is 14.7 Å². The molecule has 0 aromatic heterocycles. The Morgan fingerprint density at radius 1 is 0.727 bits per heavy atom. The van der Waals surface area contributed by atoms with Gasteiger partial charge in [0.05, 0.1) is 0 Å². The molecule has 0 atom stereocenters. The van der Waals surface area contributed by atoms with Gasteiger partial charge in [-0.3, -0.25) is 13.7 Å². The minimum Gasteiger partial charge on any atom is -1.00 e. The largest absolute Gasteiger partial charge is 1.00 e. The maximum atomic E-state index is 12.1. The molecule has 0 heterocycles. The average molecular weight is 523 g/mol. The molecule has 0 unspecified atom stereocenters. The van der Waals surface area contributed by atoms with Gasteiger partial charge in [-0.2, -0.15) is 25.3 Å². The molecule has 0 radical (unpaired) electrons. The Hall–Kier alpha value is -1.81.